The number of hydrogen-bond acceptors (Lipinski definition) is 5. The Morgan fingerprint density at radius 1 is 0.971 bits per heavy atom. The van der Waals surface area contributed by atoms with E-state index in [1.807, 2.05) is 54.6 Å². The molecule has 0 radical (unpaired) electrons. The molecule has 1 N–H and O–H groups in total. The predicted octanol–water partition coefficient (Wildman–Crippen LogP) is 6.41. The Balaban J connectivity index is 1.75. The van der Waals surface area contributed by atoms with Gasteiger partial charge in [-0.1, -0.05) is 48.0 Å². The Kier molecular flexibility index (Phi) is 5.61. The number of H-pyrrole nitrogens is 1. The van der Waals surface area contributed by atoms with Gasteiger partial charge in [-0.15, -0.1) is 0 Å². The van der Waals surface area contributed by atoms with E-state index in [2.05, 4.69) is 9.97 Å². The molecular formula is C28H22ClN3O3. The lowest BCUT2D eigenvalue weighted by Crippen LogP contribution is -2.26. The van der Waals surface area contributed by atoms with Crippen molar-refractivity contribution in [1.29, 1.82) is 0 Å². The SMILES string of the molecule is CC(C)(C)C(=O)Oc1cc(=O)c2cc(-c3cc(Cl)c4ncccc4c3)c(-c3ccccc3)nc2[nH]1. The van der Waals surface area contributed by atoms with Crippen LogP contribution in [0.15, 0.2) is 77.7 Å². The van der Waals surface area contributed by atoms with Gasteiger partial charge in [0.05, 0.1) is 27.0 Å². The minimum absolute atomic E-state index is 0.0570. The number of carbonyl (C=O) groups excluding carboxylic acids is 1. The van der Waals surface area contributed by atoms with Crippen molar-refractivity contribution < 1.29 is 9.53 Å². The molecule has 35 heavy (non-hydrogen) atoms. The van der Waals surface area contributed by atoms with Crippen LogP contribution in [0, 0.1) is 5.41 Å². The van der Waals surface area contributed by atoms with Crippen LogP contribution in [0.2, 0.25) is 5.02 Å². The number of aromatic nitrogens is 3. The van der Waals surface area contributed by atoms with Gasteiger partial charge in [-0.05, 0) is 50.6 Å². The van der Waals surface area contributed by atoms with E-state index in [-0.39, 0.29) is 11.3 Å². The van der Waals surface area contributed by atoms with Crippen LogP contribution in [0.4, 0.5) is 0 Å². The number of hydrogen-bond donors (Lipinski definition) is 1. The number of esters is 1. The normalized spacial score (nSPS) is 11.7. The molecule has 174 valence electrons. The first-order chi connectivity index (χ1) is 16.7. The molecule has 5 aromatic rings. The zero-order valence-electron chi connectivity index (χ0n) is 19.4. The Morgan fingerprint density at radius 2 is 1.74 bits per heavy atom. The van der Waals surface area contributed by atoms with E-state index in [0.717, 1.165) is 22.1 Å². The molecule has 0 saturated carbocycles. The van der Waals surface area contributed by atoms with Gasteiger partial charge in [0, 0.05) is 28.8 Å². The maximum Gasteiger partial charge on any atom is 0.317 e. The first-order valence-corrected chi connectivity index (χ1v) is 11.5. The molecule has 0 saturated heterocycles. The maximum absolute atomic E-state index is 13.1. The number of pyridine rings is 3. The zero-order valence-corrected chi connectivity index (χ0v) is 20.2. The number of benzene rings is 2. The number of rotatable bonds is 3. The summed E-state index contributed by atoms with van der Waals surface area (Å²) in [5.41, 5.74) is 3.09. The van der Waals surface area contributed by atoms with Crippen LogP contribution < -0.4 is 10.2 Å². The van der Waals surface area contributed by atoms with Crippen molar-refractivity contribution in [2.45, 2.75) is 20.8 Å². The summed E-state index contributed by atoms with van der Waals surface area (Å²) in [6, 6.07) is 20.3. The van der Waals surface area contributed by atoms with Gasteiger partial charge < -0.3 is 9.72 Å². The summed E-state index contributed by atoms with van der Waals surface area (Å²) >= 11 is 6.57. The van der Waals surface area contributed by atoms with Crippen LogP contribution in [0.3, 0.4) is 0 Å². The molecule has 0 bridgehead atoms. The van der Waals surface area contributed by atoms with Crippen molar-refractivity contribution in [3.05, 3.63) is 88.2 Å². The van der Waals surface area contributed by atoms with E-state index < -0.39 is 11.4 Å². The third kappa shape index (κ3) is 4.40. The van der Waals surface area contributed by atoms with Gasteiger partial charge in [0.1, 0.15) is 5.65 Å². The van der Waals surface area contributed by atoms with Crippen molar-refractivity contribution in [3.8, 4) is 28.3 Å². The number of nitrogens with one attached hydrogen (secondary N) is 1. The van der Waals surface area contributed by atoms with E-state index >= 15 is 0 Å². The predicted molar refractivity (Wildman–Crippen MR) is 139 cm³/mol. The fourth-order valence-corrected chi connectivity index (χ4v) is 4.07. The number of ether oxygens (including phenoxy) is 1. The molecule has 6 nitrogen and oxygen atoms in total. The Morgan fingerprint density at radius 3 is 2.49 bits per heavy atom. The Hall–Kier alpha value is -4.03. The highest BCUT2D eigenvalue weighted by Crippen LogP contribution is 2.36. The third-order valence-electron chi connectivity index (χ3n) is 5.62. The molecule has 2 aromatic carbocycles. The lowest BCUT2D eigenvalue weighted by molar-refractivity contribution is -0.143. The lowest BCUT2D eigenvalue weighted by Gasteiger charge is -2.17. The van der Waals surface area contributed by atoms with Crippen molar-refractivity contribution in [2.24, 2.45) is 5.41 Å². The monoisotopic (exact) mass is 483 g/mol. The number of fused-ring (bicyclic) bond motifs is 2. The van der Waals surface area contributed by atoms with Crippen LogP contribution >= 0.6 is 11.6 Å². The number of halogens is 1. The van der Waals surface area contributed by atoms with Crippen molar-refractivity contribution in [1.82, 2.24) is 15.0 Å². The van der Waals surface area contributed by atoms with Gasteiger partial charge in [-0.25, -0.2) is 4.98 Å². The second kappa shape index (κ2) is 8.64. The zero-order chi connectivity index (χ0) is 24.7. The van der Waals surface area contributed by atoms with E-state index in [1.54, 1.807) is 33.0 Å². The van der Waals surface area contributed by atoms with E-state index in [0.29, 0.717) is 27.3 Å². The quantitative estimate of drug-likeness (QED) is 0.300. The summed E-state index contributed by atoms with van der Waals surface area (Å²) in [7, 11) is 0. The first kappa shape index (κ1) is 22.7. The highest BCUT2D eigenvalue weighted by molar-refractivity contribution is 6.35. The van der Waals surface area contributed by atoms with Crippen LogP contribution in [-0.2, 0) is 4.79 Å². The third-order valence-corrected chi connectivity index (χ3v) is 5.91. The van der Waals surface area contributed by atoms with Gasteiger partial charge in [0.25, 0.3) is 0 Å². The van der Waals surface area contributed by atoms with Crippen LogP contribution in [0.5, 0.6) is 5.88 Å². The maximum atomic E-state index is 13.1. The first-order valence-electron chi connectivity index (χ1n) is 11.1. The molecule has 0 atom stereocenters. The van der Waals surface area contributed by atoms with E-state index in [4.69, 9.17) is 21.3 Å². The second-order valence-electron chi connectivity index (χ2n) is 9.32. The molecule has 0 unspecified atom stereocenters. The summed E-state index contributed by atoms with van der Waals surface area (Å²) in [5, 5.41) is 1.76. The summed E-state index contributed by atoms with van der Waals surface area (Å²) in [6.07, 6.45) is 1.70. The molecule has 0 fully saturated rings. The summed E-state index contributed by atoms with van der Waals surface area (Å²) < 4.78 is 5.43. The molecule has 5 rings (SSSR count). The average molecular weight is 484 g/mol. The molecule has 0 aliphatic rings. The minimum atomic E-state index is -0.720. The highest BCUT2D eigenvalue weighted by Gasteiger charge is 2.24. The number of carbonyl (C=O) groups is 1. The smallest absolute Gasteiger partial charge is 0.317 e. The van der Waals surface area contributed by atoms with E-state index in [1.165, 1.54) is 6.07 Å². The van der Waals surface area contributed by atoms with Crippen LogP contribution in [-0.4, -0.2) is 20.9 Å². The summed E-state index contributed by atoms with van der Waals surface area (Å²) in [5.74, 6) is -0.395. The van der Waals surface area contributed by atoms with Crippen LogP contribution in [0.25, 0.3) is 44.3 Å². The summed E-state index contributed by atoms with van der Waals surface area (Å²) in [6.45, 7) is 5.24. The van der Waals surface area contributed by atoms with Crippen molar-refractivity contribution in [2.75, 3.05) is 0 Å². The topological polar surface area (TPSA) is 84.9 Å². The molecule has 0 aliphatic carbocycles. The molecular weight excluding hydrogens is 462 g/mol. The fraction of sp³-hybridized carbons (Fsp3) is 0.143. The second-order valence-corrected chi connectivity index (χ2v) is 9.72. The van der Waals surface area contributed by atoms with Gasteiger partial charge in [0.2, 0.25) is 5.88 Å². The van der Waals surface area contributed by atoms with Crippen LogP contribution in [0.1, 0.15) is 20.8 Å². The summed E-state index contributed by atoms with van der Waals surface area (Å²) in [4.78, 5) is 37.6. The molecule has 7 heteroatoms. The van der Waals surface area contributed by atoms with Gasteiger partial charge in [-0.2, -0.15) is 0 Å². The molecule has 3 aromatic heterocycles. The minimum Gasteiger partial charge on any atom is -0.409 e. The lowest BCUT2D eigenvalue weighted by atomic mass is 9.96. The number of nitrogens with zero attached hydrogens (tertiary/aromatic N) is 2. The Bertz CT molecular complexity index is 1650. The molecule has 0 amide bonds. The number of aromatic amines is 1. The molecule has 3 heterocycles. The van der Waals surface area contributed by atoms with Gasteiger partial charge >= 0.3 is 5.97 Å². The molecule has 0 spiro atoms. The van der Waals surface area contributed by atoms with Gasteiger partial charge in [0.15, 0.2) is 5.43 Å². The highest BCUT2D eigenvalue weighted by atomic mass is 35.5. The standard InChI is InChI=1S/C28H22ClN3O3/c1-28(2,3)27(34)35-23-15-22(33)20-14-19(18-12-17-10-7-11-30-25(17)21(29)13-18)24(32-26(20)31-23)16-8-5-4-6-9-16/h4-15H,1-3H3,(H,31,32,33). The average Bonchev–Trinajstić information content (AvgIpc) is 2.83. The largest absolute Gasteiger partial charge is 0.409 e. The van der Waals surface area contributed by atoms with Crippen molar-refractivity contribution in [3.63, 3.8) is 0 Å². The fourth-order valence-electron chi connectivity index (χ4n) is 3.79. The Labute approximate surface area is 206 Å². The van der Waals surface area contributed by atoms with Gasteiger partial charge in [-0.3, -0.25) is 14.6 Å². The van der Waals surface area contributed by atoms with E-state index in [9.17, 15) is 9.59 Å². The van der Waals surface area contributed by atoms with Crippen molar-refractivity contribution >= 4 is 39.5 Å². The molecule has 0 aliphatic heterocycles.